The molecule has 12 nitrogen and oxygen atoms in total. The van der Waals surface area contributed by atoms with Crippen LogP contribution in [0.4, 0.5) is 20.2 Å². The van der Waals surface area contributed by atoms with Crippen molar-refractivity contribution in [1.29, 1.82) is 0 Å². The van der Waals surface area contributed by atoms with Gasteiger partial charge < -0.3 is 40.7 Å². The molecule has 50 heavy (non-hydrogen) atoms. The summed E-state index contributed by atoms with van der Waals surface area (Å²) in [5, 5.41) is 45.8. The van der Waals surface area contributed by atoms with Crippen molar-refractivity contribution in [2.75, 3.05) is 17.2 Å². The number of pyridine rings is 1. The maximum atomic E-state index is 14.8. The molecule has 264 valence electrons. The molecule has 0 spiro atoms. The molecule has 0 saturated carbocycles. The SMILES string of the molecule is CC1CCCC(N2CCC(c3c(F)ccc(Cl)c3F)=CC2=O)c2cc(ccn2)-c2ccc(NC3OC(C(=O)O)C(O)C(O)C3O)cc2NC1=O. The number of anilines is 2. The van der Waals surface area contributed by atoms with E-state index < -0.39 is 66.1 Å². The molecular formula is C35H35ClF2N4O8. The highest BCUT2D eigenvalue weighted by Gasteiger charge is 2.47. The number of nitrogens with one attached hydrogen (secondary N) is 2. The number of aliphatic carboxylic acids is 1. The van der Waals surface area contributed by atoms with Gasteiger partial charge in [0.2, 0.25) is 11.8 Å². The van der Waals surface area contributed by atoms with Crippen molar-refractivity contribution in [2.45, 2.75) is 69.3 Å². The van der Waals surface area contributed by atoms with Gasteiger partial charge in [-0.05, 0) is 66.8 Å². The molecule has 2 amide bonds. The number of aromatic nitrogens is 1. The summed E-state index contributed by atoms with van der Waals surface area (Å²) in [4.78, 5) is 44.7. The second kappa shape index (κ2) is 14.4. The van der Waals surface area contributed by atoms with E-state index in [2.05, 4.69) is 15.6 Å². The molecule has 0 aliphatic carbocycles. The number of carboxylic acids is 1. The number of amides is 2. The van der Waals surface area contributed by atoms with Gasteiger partial charge >= 0.3 is 5.97 Å². The molecule has 4 heterocycles. The van der Waals surface area contributed by atoms with E-state index in [9.17, 15) is 43.6 Å². The molecule has 6 N–H and O–H groups in total. The van der Waals surface area contributed by atoms with E-state index in [1.165, 1.54) is 6.08 Å². The molecule has 1 fully saturated rings. The van der Waals surface area contributed by atoms with Gasteiger partial charge in [-0.15, -0.1) is 0 Å². The van der Waals surface area contributed by atoms with E-state index in [0.717, 1.165) is 12.1 Å². The fourth-order valence-electron chi connectivity index (χ4n) is 6.61. The molecule has 7 atom stereocenters. The molecule has 1 saturated heterocycles. The minimum Gasteiger partial charge on any atom is -0.479 e. The average Bonchev–Trinajstić information content (AvgIpc) is 3.08. The van der Waals surface area contributed by atoms with Crippen LogP contribution in [0.15, 0.2) is 54.7 Å². The van der Waals surface area contributed by atoms with E-state index in [1.807, 2.05) is 0 Å². The Bertz CT molecular complexity index is 1860. The number of rotatable bonds is 5. The molecule has 1 aromatic heterocycles. The average molecular weight is 713 g/mol. The van der Waals surface area contributed by atoms with Crippen molar-refractivity contribution in [3.8, 4) is 11.1 Å². The summed E-state index contributed by atoms with van der Waals surface area (Å²) < 4.78 is 34.8. The maximum absolute atomic E-state index is 14.8. The Kier molecular flexibility index (Phi) is 10.2. The number of benzene rings is 2. The van der Waals surface area contributed by atoms with Crippen LogP contribution in [0.25, 0.3) is 16.7 Å². The highest BCUT2D eigenvalue weighted by molar-refractivity contribution is 6.31. The third kappa shape index (κ3) is 6.94. The first-order valence-electron chi connectivity index (χ1n) is 16.1. The van der Waals surface area contributed by atoms with Crippen molar-refractivity contribution in [1.82, 2.24) is 9.88 Å². The topological polar surface area (TPSA) is 182 Å². The Morgan fingerprint density at radius 1 is 1.06 bits per heavy atom. The van der Waals surface area contributed by atoms with Gasteiger partial charge in [-0.1, -0.05) is 31.0 Å². The Morgan fingerprint density at radius 2 is 1.84 bits per heavy atom. The van der Waals surface area contributed by atoms with Gasteiger partial charge in [-0.2, -0.15) is 0 Å². The molecule has 6 rings (SSSR count). The second-order valence-electron chi connectivity index (χ2n) is 12.7. The van der Waals surface area contributed by atoms with E-state index >= 15 is 0 Å². The Labute approximate surface area is 290 Å². The minimum atomic E-state index is -1.85. The van der Waals surface area contributed by atoms with Gasteiger partial charge in [0.25, 0.3) is 0 Å². The van der Waals surface area contributed by atoms with E-state index in [0.29, 0.717) is 47.5 Å². The van der Waals surface area contributed by atoms with Crippen LogP contribution in [-0.4, -0.2) is 85.3 Å². The summed E-state index contributed by atoms with van der Waals surface area (Å²) in [7, 11) is 0. The number of carbonyl (C=O) groups is 3. The third-order valence-electron chi connectivity index (χ3n) is 9.38. The molecule has 3 aromatic rings. The molecule has 15 heteroatoms. The van der Waals surface area contributed by atoms with Gasteiger partial charge in [-0.25, -0.2) is 13.6 Å². The molecule has 2 bridgehead atoms. The summed E-state index contributed by atoms with van der Waals surface area (Å²) >= 11 is 5.90. The fraction of sp³-hybridized carbons (Fsp3) is 0.371. The van der Waals surface area contributed by atoms with Gasteiger partial charge in [-0.3, -0.25) is 14.6 Å². The van der Waals surface area contributed by atoms with Gasteiger partial charge in [0.15, 0.2) is 18.1 Å². The van der Waals surface area contributed by atoms with Gasteiger partial charge in [0.05, 0.1) is 28.0 Å². The van der Waals surface area contributed by atoms with Crippen molar-refractivity contribution in [3.63, 3.8) is 0 Å². The highest BCUT2D eigenvalue weighted by Crippen LogP contribution is 2.38. The monoisotopic (exact) mass is 712 g/mol. The number of fused-ring (bicyclic) bond motifs is 4. The molecule has 0 radical (unpaired) electrons. The number of hydrogen-bond donors (Lipinski definition) is 6. The number of nitrogens with zero attached hydrogens (tertiary/aromatic N) is 2. The first-order valence-corrected chi connectivity index (χ1v) is 16.5. The Balaban J connectivity index is 1.32. The lowest BCUT2D eigenvalue weighted by Crippen LogP contribution is -2.61. The molecule has 2 aromatic carbocycles. The van der Waals surface area contributed by atoms with Crippen LogP contribution >= 0.6 is 11.6 Å². The maximum Gasteiger partial charge on any atom is 0.335 e. The zero-order chi connectivity index (χ0) is 35.9. The summed E-state index contributed by atoms with van der Waals surface area (Å²) in [6.07, 6.45) is -4.06. The number of carbonyl (C=O) groups excluding carboxylic acids is 2. The summed E-state index contributed by atoms with van der Waals surface area (Å²) in [6.45, 7) is 1.94. The zero-order valence-corrected chi connectivity index (χ0v) is 27.5. The second-order valence-corrected chi connectivity index (χ2v) is 13.1. The predicted octanol–water partition coefficient (Wildman–Crippen LogP) is 4.10. The van der Waals surface area contributed by atoms with Crippen LogP contribution in [0.2, 0.25) is 5.02 Å². The van der Waals surface area contributed by atoms with Crippen LogP contribution in [0.1, 0.15) is 49.9 Å². The molecular weight excluding hydrogens is 678 g/mol. The highest BCUT2D eigenvalue weighted by atomic mass is 35.5. The van der Waals surface area contributed by atoms with Crippen LogP contribution in [0.3, 0.4) is 0 Å². The number of aliphatic hydroxyl groups excluding tert-OH is 3. The number of aliphatic hydroxyl groups is 3. The zero-order valence-electron chi connectivity index (χ0n) is 26.7. The predicted molar refractivity (Wildman–Crippen MR) is 178 cm³/mol. The van der Waals surface area contributed by atoms with Crippen molar-refractivity contribution in [2.24, 2.45) is 5.92 Å². The Morgan fingerprint density at radius 3 is 2.58 bits per heavy atom. The third-order valence-corrected chi connectivity index (χ3v) is 9.68. The van der Waals surface area contributed by atoms with Crippen LogP contribution in [0.5, 0.6) is 0 Å². The standard InChI is InChI=1S/C35H35ClF2N4O8/c1-16-3-2-4-25(42-12-10-18(14-26(42)43)27-22(37)8-7-21(36)28(27)38)24-13-17(9-11-39-24)20-6-5-19(15-23(20)41-33(16)47)40-34-31(46)29(44)30(45)32(50-34)35(48)49/h5-9,11,13-16,25,29-32,34,40,44-46H,2-4,10,12H2,1H3,(H,41,47)(H,48,49). The van der Waals surface area contributed by atoms with Crippen molar-refractivity contribution >= 4 is 46.3 Å². The van der Waals surface area contributed by atoms with Gasteiger partial charge in [0, 0.05) is 36.0 Å². The first kappa shape index (κ1) is 35.4. The Hall–Kier alpha value is -4.47. The number of halogens is 3. The van der Waals surface area contributed by atoms with E-state index in [4.69, 9.17) is 16.3 Å². The largest absolute Gasteiger partial charge is 0.479 e. The molecule has 3 aliphatic rings. The van der Waals surface area contributed by atoms with Crippen molar-refractivity contribution < 1.29 is 48.3 Å². The lowest BCUT2D eigenvalue weighted by Gasteiger charge is -2.39. The van der Waals surface area contributed by atoms with Crippen LogP contribution in [-0.2, 0) is 19.1 Å². The summed E-state index contributed by atoms with van der Waals surface area (Å²) in [5.41, 5.74) is 2.37. The number of ether oxygens (including phenoxy) is 1. The smallest absolute Gasteiger partial charge is 0.335 e. The lowest BCUT2D eigenvalue weighted by molar-refractivity contribution is -0.221. The normalized spacial score (nSPS) is 27.3. The quantitative estimate of drug-likeness (QED) is 0.211. The summed E-state index contributed by atoms with van der Waals surface area (Å²) in [6, 6.07) is 10.1. The number of carboxylic acid groups (broad SMARTS) is 1. The van der Waals surface area contributed by atoms with Crippen LogP contribution in [0, 0.1) is 17.6 Å². The minimum absolute atomic E-state index is 0.165. The first-order chi connectivity index (χ1) is 23.8. The van der Waals surface area contributed by atoms with Crippen molar-refractivity contribution in [3.05, 3.63) is 82.7 Å². The lowest BCUT2D eigenvalue weighted by atomic mass is 9.92. The number of hydrogen-bond acceptors (Lipinski definition) is 9. The fourth-order valence-corrected chi connectivity index (χ4v) is 6.76. The van der Waals surface area contributed by atoms with Gasteiger partial charge in [0.1, 0.15) is 24.1 Å². The van der Waals surface area contributed by atoms with E-state index in [-0.39, 0.29) is 35.0 Å². The molecule has 3 aliphatic heterocycles. The van der Waals surface area contributed by atoms with E-state index in [1.54, 1.807) is 48.4 Å². The molecule has 7 unspecified atom stereocenters. The summed E-state index contributed by atoms with van der Waals surface area (Å²) in [5.74, 6) is -4.42. The van der Waals surface area contributed by atoms with Crippen LogP contribution < -0.4 is 10.6 Å².